The average Bonchev–Trinajstić information content (AvgIpc) is 2.61. The Labute approximate surface area is 161 Å². The lowest BCUT2D eigenvalue weighted by molar-refractivity contribution is -0.128. The monoisotopic (exact) mass is 402 g/mol. The van der Waals surface area contributed by atoms with E-state index in [-0.39, 0.29) is 29.6 Å². The van der Waals surface area contributed by atoms with Gasteiger partial charge < -0.3 is 10.2 Å². The highest BCUT2D eigenvalue weighted by Crippen LogP contribution is 2.15. The summed E-state index contributed by atoms with van der Waals surface area (Å²) in [4.78, 5) is 17.8. The van der Waals surface area contributed by atoms with Gasteiger partial charge in [0.15, 0.2) is 0 Å². The number of pyridine rings is 1. The topological polar surface area (TPSA) is 69.1 Å². The standard InChI is InChI=1S/C17H21ClF2N4OS/c1-2-24(16(25)7-10-26-9-4-6-15(19)20)14(17(18)21)12-23-13-5-3-8-22-11-13/h3,5-6,8,11-12,21,23H,2,4,7,9-10H2,1H3/b14-12+,21-17?. The number of hydrogen-bond donors (Lipinski definition) is 2. The van der Waals surface area contributed by atoms with Crippen LogP contribution in [0.2, 0.25) is 0 Å². The molecule has 0 saturated heterocycles. The number of anilines is 1. The second-order valence-corrected chi connectivity index (χ2v) is 6.62. The molecule has 5 nitrogen and oxygen atoms in total. The van der Waals surface area contributed by atoms with Crippen molar-refractivity contribution in [3.63, 3.8) is 0 Å². The number of thioether (sulfide) groups is 1. The lowest BCUT2D eigenvalue weighted by Gasteiger charge is -2.23. The van der Waals surface area contributed by atoms with Crippen molar-refractivity contribution in [1.29, 1.82) is 5.41 Å². The number of nitrogens with one attached hydrogen (secondary N) is 2. The highest BCUT2D eigenvalue weighted by molar-refractivity contribution is 7.99. The van der Waals surface area contributed by atoms with Gasteiger partial charge in [-0.15, -0.1) is 0 Å². The van der Waals surface area contributed by atoms with Gasteiger partial charge in [0.1, 0.15) is 5.17 Å². The van der Waals surface area contributed by atoms with Crippen molar-refractivity contribution < 1.29 is 13.6 Å². The van der Waals surface area contributed by atoms with Crippen LogP contribution < -0.4 is 5.32 Å². The van der Waals surface area contributed by atoms with E-state index in [0.717, 1.165) is 6.08 Å². The molecule has 0 aromatic carbocycles. The molecule has 0 aliphatic heterocycles. The quantitative estimate of drug-likeness (QED) is 0.416. The Bertz CT molecular complexity index is 651. The third-order valence-corrected chi connectivity index (χ3v) is 4.40. The molecule has 1 heterocycles. The van der Waals surface area contributed by atoms with E-state index in [0.29, 0.717) is 23.7 Å². The normalized spacial score (nSPS) is 11.0. The number of halogens is 3. The number of amides is 1. The van der Waals surface area contributed by atoms with E-state index >= 15 is 0 Å². The molecule has 1 aromatic rings. The minimum absolute atomic E-state index is 0.183. The molecule has 1 aromatic heterocycles. The van der Waals surface area contributed by atoms with Crippen molar-refractivity contribution in [3.05, 3.63) is 48.6 Å². The minimum Gasteiger partial charge on any atom is -0.358 e. The first-order valence-electron chi connectivity index (χ1n) is 7.96. The summed E-state index contributed by atoms with van der Waals surface area (Å²) in [5, 5.41) is 10.4. The van der Waals surface area contributed by atoms with Crippen LogP contribution in [0, 0.1) is 5.41 Å². The molecule has 1 amide bonds. The fourth-order valence-electron chi connectivity index (χ4n) is 1.99. The average molecular weight is 403 g/mol. The maximum absolute atomic E-state index is 12.4. The van der Waals surface area contributed by atoms with Crippen molar-refractivity contribution in [1.82, 2.24) is 9.88 Å². The van der Waals surface area contributed by atoms with Gasteiger partial charge in [0.2, 0.25) is 5.91 Å². The largest absolute Gasteiger partial charge is 0.358 e. The summed E-state index contributed by atoms with van der Waals surface area (Å²) in [6.07, 6.45) is 4.42. The first-order chi connectivity index (χ1) is 12.5. The first kappa shape index (κ1) is 22.1. The summed E-state index contributed by atoms with van der Waals surface area (Å²) in [5.41, 5.74) is 0.963. The number of carbonyl (C=O) groups excluding carboxylic acids is 1. The Kier molecular flexibility index (Phi) is 10.6. The third kappa shape index (κ3) is 8.44. The number of aromatic nitrogens is 1. The van der Waals surface area contributed by atoms with E-state index in [1.54, 1.807) is 31.5 Å². The SMILES string of the molecule is CCN(C(=O)CCSCCC=C(F)F)/C(=C/Nc1cccnc1)C(=N)Cl. The molecule has 0 atom stereocenters. The molecule has 9 heteroatoms. The van der Waals surface area contributed by atoms with Crippen molar-refractivity contribution in [2.75, 3.05) is 23.4 Å². The number of allylic oxidation sites excluding steroid dienone is 2. The zero-order valence-electron chi connectivity index (χ0n) is 14.3. The molecule has 0 spiro atoms. The highest BCUT2D eigenvalue weighted by Gasteiger charge is 2.18. The smallest absolute Gasteiger partial charge is 0.266 e. The van der Waals surface area contributed by atoms with Crippen LogP contribution >= 0.6 is 23.4 Å². The fourth-order valence-corrected chi connectivity index (χ4v) is 2.95. The molecular weight excluding hydrogens is 382 g/mol. The van der Waals surface area contributed by atoms with Crippen molar-refractivity contribution in [2.45, 2.75) is 19.8 Å². The number of nitrogens with zero attached hydrogens (tertiary/aromatic N) is 2. The van der Waals surface area contributed by atoms with Gasteiger partial charge in [-0.05, 0) is 37.3 Å². The number of carbonyl (C=O) groups is 1. The van der Waals surface area contributed by atoms with Gasteiger partial charge in [-0.2, -0.15) is 20.5 Å². The number of hydrogen-bond acceptors (Lipinski definition) is 5. The Morgan fingerprint density at radius 2 is 2.23 bits per heavy atom. The maximum atomic E-state index is 12.4. The molecule has 0 fully saturated rings. The lowest BCUT2D eigenvalue weighted by atomic mass is 10.3. The van der Waals surface area contributed by atoms with Gasteiger partial charge in [0.05, 0.1) is 17.6 Å². The van der Waals surface area contributed by atoms with Crippen LogP contribution in [0.15, 0.2) is 48.6 Å². The molecule has 0 bridgehead atoms. The van der Waals surface area contributed by atoms with Gasteiger partial charge in [-0.1, -0.05) is 11.6 Å². The van der Waals surface area contributed by atoms with Crippen molar-refractivity contribution >= 4 is 40.1 Å². The third-order valence-electron chi connectivity index (χ3n) is 3.19. The molecule has 2 N–H and O–H groups in total. The van der Waals surface area contributed by atoms with Crippen molar-refractivity contribution in [2.24, 2.45) is 0 Å². The van der Waals surface area contributed by atoms with E-state index < -0.39 is 6.08 Å². The molecule has 26 heavy (non-hydrogen) atoms. The van der Waals surface area contributed by atoms with Crippen LogP contribution in [0.1, 0.15) is 19.8 Å². The molecular formula is C17H21ClF2N4OS. The van der Waals surface area contributed by atoms with Gasteiger partial charge in [-0.3, -0.25) is 15.2 Å². The van der Waals surface area contributed by atoms with Gasteiger partial charge >= 0.3 is 0 Å². The Morgan fingerprint density at radius 1 is 1.46 bits per heavy atom. The van der Waals surface area contributed by atoms with E-state index in [9.17, 15) is 13.6 Å². The zero-order valence-corrected chi connectivity index (χ0v) is 15.9. The summed E-state index contributed by atoms with van der Waals surface area (Å²) >= 11 is 7.27. The lowest BCUT2D eigenvalue weighted by Crippen LogP contribution is -2.33. The van der Waals surface area contributed by atoms with E-state index in [1.807, 2.05) is 0 Å². The molecule has 0 saturated carbocycles. The van der Waals surface area contributed by atoms with Crippen LogP contribution in [0.5, 0.6) is 0 Å². The van der Waals surface area contributed by atoms with Crippen LogP contribution in [0.4, 0.5) is 14.5 Å². The van der Waals surface area contributed by atoms with Crippen molar-refractivity contribution in [3.8, 4) is 0 Å². The summed E-state index contributed by atoms with van der Waals surface area (Å²) in [6.45, 7) is 2.15. The molecule has 1 rings (SSSR count). The molecule has 0 aliphatic carbocycles. The first-order valence-corrected chi connectivity index (χ1v) is 9.49. The predicted octanol–water partition coefficient (Wildman–Crippen LogP) is 4.69. The van der Waals surface area contributed by atoms with E-state index in [4.69, 9.17) is 17.0 Å². The van der Waals surface area contributed by atoms with Crippen LogP contribution in [0.3, 0.4) is 0 Å². The summed E-state index contributed by atoms with van der Waals surface area (Å²) in [7, 11) is 0. The second kappa shape index (κ2) is 12.4. The highest BCUT2D eigenvalue weighted by atomic mass is 35.5. The van der Waals surface area contributed by atoms with Gasteiger partial charge in [-0.25, -0.2) is 0 Å². The molecule has 0 radical (unpaired) electrons. The second-order valence-electron chi connectivity index (χ2n) is 5.01. The van der Waals surface area contributed by atoms with E-state index in [2.05, 4.69) is 10.3 Å². The Hall–Kier alpha value is -1.93. The molecule has 0 aliphatic rings. The Morgan fingerprint density at radius 3 is 2.81 bits per heavy atom. The van der Waals surface area contributed by atoms with Crippen LogP contribution in [-0.4, -0.2) is 39.0 Å². The summed E-state index contributed by atoms with van der Waals surface area (Å²) < 4.78 is 23.9. The Balaban J connectivity index is 2.61. The summed E-state index contributed by atoms with van der Waals surface area (Å²) in [6, 6.07) is 3.55. The molecule has 142 valence electrons. The maximum Gasteiger partial charge on any atom is 0.266 e. The predicted molar refractivity (Wildman–Crippen MR) is 104 cm³/mol. The van der Waals surface area contributed by atoms with E-state index in [1.165, 1.54) is 22.9 Å². The number of rotatable bonds is 11. The fraction of sp³-hybridized carbons (Fsp3) is 0.353. The summed E-state index contributed by atoms with van der Waals surface area (Å²) in [5.74, 6) is 0.848. The van der Waals surface area contributed by atoms with Crippen LogP contribution in [-0.2, 0) is 4.79 Å². The molecule has 0 unspecified atom stereocenters. The van der Waals surface area contributed by atoms with Gasteiger partial charge in [0.25, 0.3) is 6.08 Å². The zero-order chi connectivity index (χ0) is 19.4. The van der Waals surface area contributed by atoms with Crippen LogP contribution in [0.25, 0.3) is 0 Å². The minimum atomic E-state index is -1.68. The van der Waals surface area contributed by atoms with Gasteiger partial charge in [0, 0.05) is 31.1 Å².